The number of aromatic nitrogens is 6. The molecule has 0 saturated carbocycles. The number of fused-ring (bicyclic) bond motifs is 6. The second kappa shape index (κ2) is 15.7. The van der Waals surface area contributed by atoms with Crippen molar-refractivity contribution in [2.45, 2.75) is 66.2 Å². The fraction of sp³-hybridized carbons (Fsp3) is 0.244. The van der Waals surface area contributed by atoms with Gasteiger partial charge in [-0.05, 0) is 60.6 Å². The van der Waals surface area contributed by atoms with Gasteiger partial charge in [-0.3, -0.25) is 9.59 Å². The third kappa shape index (κ3) is 7.84. The molecule has 12 nitrogen and oxygen atoms in total. The van der Waals surface area contributed by atoms with E-state index in [0.29, 0.717) is 68.1 Å². The highest BCUT2D eigenvalue weighted by molar-refractivity contribution is 6.07. The van der Waals surface area contributed by atoms with Gasteiger partial charge in [0.25, 0.3) is 0 Å². The Morgan fingerprint density at radius 3 is 1.49 bits per heavy atom. The first-order chi connectivity index (χ1) is 27.6. The molecule has 0 fully saturated rings. The summed E-state index contributed by atoms with van der Waals surface area (Å²) in [5.74, 6) is 2.60. The van der Waals surface area contributed by atoms with Gasteiger partial charge >= 0.3 is 0 Å². The lowest BCUT2D eigenvalue weighted by Gasteiger charge is -2.13. The van der Waals surface area contributed by atoms with E-state index in [0.717, 1.165) is 66.7 Å². The molecule has 2 amide bonds. The van der Waals surface area contributed by atoms with Gasteiger partial charge in [-0.25, -0.2) is 19.9 Å². The van der Waals surface area contributed by atoms with Crippen molar-refractivity contribution in [3.8, 4) is 0 Å². The number of nitrogens with two attached hydrogens (primary N) is 2. The summed E-state index contributed by atoms with van der Waals surface area (Å²) in [5, 5.41) is 8.11. The minimum Gasteiger partial charge on any atom is -0.382 e. The van der Waals surface area contributed by atoms with Gasteiger partial charge < -0.3 is 31.2 Å². The Morgan fingerprint density at radius 2 is 1.02 bits per heavy atom. The first-order valence-electron chi connectivity index (χ1n) is 19.3. The first-order valence-corrected chi connectivity index (χ1v) is 19.3. The summed E-state index contributed by atoms with van der Waals surface area (Å²) in [4.78, 5) is 44.0. The van der Waals surface area contributed by atoms with Crippen LogP contribution in [-0.2, 0) is 35.8 Å². The SMILES string of the molecule is Cc1nc2c(N)nc3ccccc3c2n1Cc1ccc(CNC(=O)CCC(C)CC(=O)NCc2ccc(Cn3c(C)nc4c(N)nc5ccccc5c43)cc2)cc1. The molecule has 6 N–H and O–H groups in total. The molecule has 4 heterocycles. The molecule has 12 heteroatoms. The molecular weight excluding hydrogens is 713 g/mol. The van der Waals surface area contributed by atoms with Crippen LogP contribution in [0.3, 0.4) is 0 Å². The highest BCUT2D eigenvalue weighted by atomic mass is 16.2. The quantitative estimate of drug-likeness (QED) is 0.0965. The molecule has 57 heavy (non-hydrogen) atoms. The second-order valence-electron chi connectivity index (χ2n) is 14.9. The summed E-state index contributed by atoms with van der Waals surface area (Å²) in [5.41, 5.74) is 21.9. The molecule has 288 valence electrons. The highest BCUT2D eigenvalue weighted by Crippen LogP contribution is 2.31. The standard InChI is InChI=1S/C45H46N10O2/c1-27(22-39(57)49-24-31-15-19-33(20-16-31)26-55-29(3)51-41-43(55)35-9-5-7-11-37(35)53-45(41)47)12-21-38(56)48-23-30-13-17-32(18-14-30)25-54-28(2)50-40-42(54)34-8-4-6-10-36(34)52-44(40)46/h4-11,13-20,27H,12,21-26H2,1-3H3,(H2,46,52)(H2,47,53)(H,48,56)(H,49,57). The van der Waals surface area contributed by atoms with Crippen LogP contribution in [0.4, 0.5) is 11.6 Å². The van der Waals surface area contributed by atoms with Crippen LogP contribution in [0.25, 0.3) is 43.9 Å². The maximum Gasteiger partial charge on any atom is 0.220 e. The van der Waals surface area contributed by atoms with Gasteiger partial charge in [-0.1, -0.05) is 91.9 Å². The number of para-hydroxylation sites is 2. The van der Waals surface area contributed by atoms with Crippen molar-refractivity contribution in [3.05, 3.63) is 131 Å². The van der Waals surface area contributed by atoms with Crippen molar-refractivity contribution >= 4 is 67.3 Å². The fourth-order valence-electron chi connectivity index (χ4n) is 7.58. The molecule has 1 atom stereocenters. The van der Waals surface area contributed by atoms with Crippen LogP contribution in [0.5, 0.6) is 0 Å². The lowest BCUT2D eigenvalue weighted by molar-refractivity contribution is -0.124. The zero-order valence-corrected chi connectivity index (χ0v) is 32.4. The van der Waals surface area contributed by atoms with Crippen LogP contribution >= 0.6 is 0 Å². The molecule has 8 rings (SSSR count). The Labute approximate surface area is 330 Å². The second-order valence-corrected chi connectivity index (χ2v) is 14.9. The summed E-state index contributed by atoms with van der Waals surface area (Å²) in [7, 11) is 0. The van der Waals surface area contributed by atoms with Gasteiger partial charge in [0, 0.05) is 49.8 Å². The van der Waals surface area contributed by atoms with Gasteiger partial charge in [0.2, 0.25) is 11.8 Å². The number of anilines is 2. The van der Waals surface area contributed by atoms with Crippen molar-refractivity contribution < 1.29 is 9.59 Å². The molecular formula is C45H46N10O2. The Morgan fingerprint density at radius 1 is 0.596 bits per heavy atom. The van der Waals surface area contributed by atoms with Gasteiger partial charge in [0.05, 0.1) is 22.1 Å². The maximum atomic E-state index is 12.8. The van der Waals surface area contributed by atoms with Crippen LogP contribution in [-0.4, -0.2) is 40.9 Å². The third-order valence-electron chi connectivity index (χ3n) is 10.7. The highest BCUT2D eigenvalue weighted by Gasteiger charge is 2.18. The van der Waals surface area contributed by atoms with Crippen LogP contribution < -0.4 is 22.1 Å². The molecule has 0 spiro atoms. The lowest BCUT2D eigenvalue weighted by atomic mass is 10.0. The fourth-order valence-corrected chi connectivity index (χ4v) is 7.58. The molecule has 0 radical (unpaired) electrons. The number of aryl methyl sites for hydroxylation is 2. The van der Waals surface area contributed by atoms with E-state index >= 15 is 0 Å². The van der Waals surface area contributed by atoms with Crippen LogP contribution in [0.1, 0.15) is 60.1 Å². The van der Waals surface area contributed by atoms with Crippen LogP contribution in [0, 0.1) is 19.8 Å². The molecule has 0 saturated heterocycles. The van der Waals surface area contributed by atoms with Crippen molar-refractivity contribution in [2.24, 2.45) is 5.92 Å². The largest absolute Gasteiger partial charge is 0.382 e. The minimum atomic E-state index is -0.0304. The van der Waals surface area contributed by atoms with Gasteiger partial charge in [-0.2, -0.15) is 0 Å². The van der Waals surface area contributed by atoms with E-state index in [2.05, 4.69) is 60.1 Å². The molecule has 0 bridgehead atoms. The van der Waals surface area contributed by atoms with Crippen molar-refractivity contribution in [3.63, 3.8) is 0 Å². The number of nitrogen functional groups attached to an aromatic ring is 2. The van der Waals surface area contributed by atoms with E-state index in [1.165, 1.54) is 0 Å². The van der Waals surface area contributed by atoms with Crippen molar-refractivity contribution in [1.82, 2.24) is 39.7 Å². The van der Waals surface area contributed by atoms with E-state index in [9.17, 15) is 9.59 Å². The number of benzene rings is 4. The Kier molecular flexibility index (Phi) is 10.2. The van der Waals surface area contributed by atoms with Gasteiger partial charge in [-0.15, -0.1) is 0 Å². The summed E-state index contributed by atoms with van der Waals surface area (Å²) in [6, 6.07) is 32.4. The molecule has 0 aliphatic rings. The summed E-state index contributed by atoms with van der Waals surface area (Å²) in [6.07, 6.45) is 1.34. The third-order valence-corrected chi connectivity index (χ3v) is 10.7. The van der Waals surface area contributed by atoms with Crippen LogP contribution in [0.15, 0.2) is 97.1 Å². The number of nitrogens with zero attached hydrogens (tertiary/aromatic N) is 6. The number of hydrogen-bond donors (Lipinski definition) is 4. The van der Waals surface area contributed by atoms with Crippen molar-refractivity contribution in [1.29, 1.82) is 0 Å². The monoisotopic (exact) mass is 758 g/mol. The summed E-state index contributed by atoms with van der Waals surface area (Å²) in [6.45, 7) is 8.12. The Bertz CT molecular complexity index is 2770. The van der Waals surface area contributed by atoms with Crippen molar-refractivity contribution in [2.75, 3.05) is 11.5 Å². The number of rotatable bonds is 13. The molecule has 1 unspecified atom stereocenters. The minimum absolute atomic E-state index is 0.0298. The van der Waals surface area contributed by atoms with E-state index in [4.69, 9.17) is 21.4 Å². The predicted octanol–water partition coefficient (Wildman–Crippen LogP) is 7.10. The molecule has 8 aromatic rings. The first kappa shape index (κ1) is 37.1. The topological polar surface area (TPSA) is 172 Å². The Hall–Kier alpha value is -6.82. The number of carbonyl (C=O) groups is 2. The molecule has 0 aliphatic heterocycles. The summed E-state index contributed by atoms with van der Waals surface area (Å²) < 4.78 is 4.35. The van der Waals surface area contributed by atoms with Gasteiger partial charge in [0.1, 0.15) is 22.7 Å². The zero-order valence-electron chi connectivity index (χ0n) is 32.4. The van der Waals surface area contributed by atoms with E-state index < -0.39 is 0 Å². The van der Waals surface area contributed by atoms with E-state index in [1.807, 2.05) is 87.5 Å². The number of pyridine rings is 2. The number of hydrogen-bond acceptors (Lipinski definition) is 8. The predicted molar refractivity (Wildman–Crippen MR) is 226 cm³/mol. The number of nitrogens with one attached hydrogen (secondary N) is 2. The number of imidazole rings is 2. The molecule has 0 aliphatic carbocycles. The number of amides is 2. The lowest BCUT2D eigenvalue weighted by Crippen LogP contribution is -2.26. The molecule has 4 aromatic carbocycles. The smallest absolute Gasteiger partial charge is 0.220 e. The van der Waals surface area contributed by atoms with E-state index in [-0.39, 0.29) is 17.7 Å². The molecule has 4 aromatic heterocycles. The average molecular weight is 759 g/mol. The van der Waals surface area contributed by atoms with E-state index in [1.54, 1.807) is 0 Å². The van der Waals surface area contributed by atoms with Gasteiger partial charge in [0.15, 0.2) is 11.6 Å². The zero-order chi connectivity index (χ0) is 39.6. The maximum absolute atomic E-state index is 12.8. The Balaban J connectivity index is 0.780. The normalized spacial score (nSPS) is 12.1. The summed E-state index contributed by atoms with van der Waals surface area (Å²) >= 11 is 0. The van der Waals surface area contributed by atoms with Crippen LogP contribution in [0.2, 0.25) is 0 Å². The number of carbonyl (C=O) groups excluding carboxylic acids is 2. The average Bonchev–Trinajstić information content (AvgIpc) is 3.72.